The van der Waals surface area contributed by atoms with Gasteiger partial charge in [-0.1, -0.05) is 0 Å². The van der Waals surface area contributed by atoms with Crippen molar-refractivity contribution in [2.75, 3.05) is 13.6 Å². The number of rotatable bonds is 3. The van der Waals surface area contributed by atoms with Crippen LogP contribution in [0.25, 0.3) is 0 Å². The molecular formula is C9H11BrN2O2S. The Bertz CT molecular complexity index is 378. The lowest BCUT2D eigenvalue weighted by molar-refractivity contribution is -0.143. The van der Waals surface area contributed by atoms with Gasteiger partial charge in [0.15, 0.2) is 0 Å². The monoisotopic (exact) mass is 290 g/mol. The van der Waals surface area contributed by atoms with E-state index in [9.17, 15) is 9.59 Å². The van der Waals surface area contributed by atoms with Crippen molar-refractivity contribution in [3.8, 4) is 0 Å². The number of nitrogens with zero attached hydrogens (tertiary/aromatic N) is 1. The lowest BCUT2D eigenvalue weighted by Gasteiger charge is -2.13. The van der Waals surface area contributed by atoms with Crippen LogP contribution in [0.1, 0.15) is 4.88 Å². The van der Waals surface area contributed by atoms with Crippen LogP contribution in [0.2, 0.25) is 0 Å². The zero-order valence-corrected chi connectivity index (χ0v) is 10.6. The van der Waals surface area contributed by atoms with Gasteiger partial charge in [-0.3, -0.25) is 9.59 Å². The van der Waals surface area contributed by atoms with Crippen molar-refractivity contribution in [2.24, 2.45) is 5.73 Å². The van der Waals surface area contributed by atoms with Gasteiger partial charge in [-0.05, 0) is 34.5 Å². The highest BCUT2D eigenvalue weighted by atomic mass is 79.9. The first kappa shape index (κ1) is 12.2. The number of hydrogen-bond acceptors (Lipinski definition) is 3. The van der Waals surface area contributed by atoms with Crippen molar-refractivity contribution in [3.63, 3.8) is 0 Å². The molecule has 0 fully saturated rings. The van der Waals surface area contributed by atoms with E-state index in [4.69, 9.17) is 5.73 Å². The first-order valence-corrected chi connectivity index (χ1v) is 5.90. The molecule has 0 saturated carbocycles. The van der Waals surface area contributed by atoms with E-state index in [1.165, 1.54) is 4.90 Å². The van der Waals surface area contributed by atoms with Crippen LogP contribution in [0.3, 0.4) is 0 Å². The molecule has 0 saturated heterocycles. The Labute approximate surface area is 100 Å². The van der Waals surface area contributed by atoms with Gasteiger partial charge in [-0.2, -0.15) is 0 Å². The summed E-state index contributed by atoms with van der Waals surface area (Å²) in [5.74, 6) is -1.56. The number of nitrogens with two attached hydrogens (primary N) is 1. The van der Waals surface area contributed by atoms with E-state index in [1.54, 1.807) is 18.4 Å². The normalized spacial score (nSPS) is 10.0. The molecule has 0 spiro atoms. The van der Waals surface area contributed by atoms with E-state index in [0.717, 1.165) is 15.1 Å². The van der Waals surface area contributed by atoms with Crippen LogP contribution in [0.5, 0.6) is 0 Å². The van der Waals surface area contributed by atoms with Crippen molar-refractivity contribution in [3.05, 3.63) is 20.8 Å². The molecule has 0 unspecified atom stereocenters. The summed E-state index contributed by atoms with van der Waals surface area (Å²) in [5.41, 5.74) is 4.87. The summed E-state index contributed by atoms with van der Waals surface area (Å²) in [6, 6.07) is 3.94. The first-order chi connectivity index (χ1) is 7.00. The SMILES string of the molecule is CN(CCc1ccc(Br)s1)C(=O)C(N)=O. The fourth-order valence-electron chi connectivity index (χ4n) is 1.05. The second kappa shape index (κ2) is 5.27. The Morgan fingerprint density at radius 2 is 2.20 bits per heavy atom. The molecule has 15 heavy (non-hydrogen) atoms. The fraction of sp³-hybridized carbons (Fsp3) is 0.333. The largest absolute Gasteiger partial charge is 0.361 e. The van der Waals surface area contributed by atoms with Crippen LogP contribution in [-0.2, 0) is 16.0 Å². The maximum Gasteiger partial charge on any atom is 0.311 e. The minimum Gasteiger partial charge on any atom is -0.361 e. The van der Waals surface area contributed by atoms with Crippen LogP contribution >= 0.6 is 27.3 Å². The molecule has 0 atom stereocenters. The van der Waals surface area contributed by atoms with Gasteiger partial charge in [0, 0.05) is 18.5 Å². The van der Waals surface area contributed by atoms with Gasteiger partial charge in [0.1, 0.15) is 0 Å². The number of halogens is 1. The van der Waals surface area contributed by atoms with E-state index in [0.29, 0.717) is 6.54 Å². The third kappa shape index (κ3) is 3.64. The van der Waals surface area contributed by atoms with E-state index in [2.05, 4.69) is 15.9 Å². The third-order valence-electron chi connectivity index (χ3n) is 1.88. The zero-order chi connectivity index (χ0) is 11.4. The standard InChI is InChI=1S/C9H11BrN2O2S/c1-12(9(14)8(11)13)5-4-6-2-3-7(10)15-6/h2-3H,4-5H2,1H3,(H2,11,13). The summed E-state index contributed by atoms with van der Waals surface area (Å²) >= 11 is 4.97. The summed E-state index contributed by atoms with van der Waals surface area (Å²) in [6.45, 7) is 0.495. The minimum atomic E-state index is -0.912. The molecule has 1 rings (SSSR count). The minimum absolute atomic E-state index is 0.495. The second-order valence-corrected chi connectivity index (χ2v) is 5.59. The Kier molecular flexibility index (Phi) is 4.28. The summed E-state index contributed by atoms with van der Waals surface area (Å²) < 4.78 is 1.06. The first-order valence-electron chi connectivity index (χ1n) is 4.30. The number of carbonyl (C=O) groups is 2. The van der Waals surface area contributed by atoms with Crippen LogP contribution in [0, 0.1) is 0 Å². The average molecular weight is 291 g/mol. The molecule has 82 valence electrons. The molecule has 0 aliphatic rings. The summed E-state index contributed by atoms with van der Waals surface area (Å²) in [5, 5.41) is 0. The summed E-state index contributed by atoms with van der Waals surface area (Å²) in [4.78, 5) is 24.2. The smallest absolute Gasteiger partial charge is 0.311 e. The van der Waals surface area contributed by atoms with E-state index in [1.807, 2.05) is 12.1 Å². The van der Waals surface area contributed by atoms with Crippen molar-refractivity contribution >= 4 is 39.1 Å². The highest BCUT2D eigenvalue weighted by molar-refractivity contribution is 9.11. The Hall–Kier alpha value is -0.880. The number of likely N-dealkylation sites (N-methyl/N-ethyl adjacent to an activating group) is 1. The summed E-state index contributed by atoms with van der Waals surface area (Å²) in [6.07, 6.45) is 0.728. The molecule has 1 aromatic rings. The predicted octanol–water partition coefficient (Wildman–Crippen LogP) is 0.997. The Morgan fingerprint density at radius 1 is 1.53 bits per heavy atom. The quantitative estimate of drug-likeness (QED) is 0.844. The van der Waals surface area contributed by atoms with E-state index < -0.39 is 11.8 Å². The maximum absolute atomic E-state index is 11.1. The molecule has 1 heterocycles. The molecule has 0 bridgehead atoms. The lowest BCUT2D eigenvalue weighted by Crippen LogP contribution is -2.38. The number of hydrogen-bond donors (Lipinski definition) is 1. The average Bonchev–Trinajstić information content (AvgIpc) is 2.59. The van der Waals surface area contributed by atoms with Crippen LogP contribution in [0.15, 0.2) is 15.9 Å². The van der Waals surface area contributed by atoms with Gasteiger partial charge in [0.2, 0.25) is 0 Å². The van der Waals surface area contributed by atoms with Crippen molar-refractivity contribution in [1.29, 1.82) is 0 Å². The molecule has 4 nitrogen and oxygen atoms in total. The number of primary amides is 1. The maximum atomic E-state index is 11.1. The molecule has 6 heteroatoms. The van der Waals surface area contributed by atoms with Gasteiger partial charge in [-0.25, -0.2) is 0 Å². The van der Waals surface area contributed by atoms with E-state index in [-0.39, 0.29) is 0 Å². The van der Waals surface area contributed by atoms with Gasteiger partial charge in [-0.15, -0.1) is 11.3 Å². The number of carbonyl (C=O) groups excluding carboxylic acids is 2. The fourth-order valence-corrected chi connectivity index (χ4v) is 2.53. The zero-order valence-electron chi connectivity index (χ0n) is 8.20. The second-order valence-electron chi connectivity index (χ2n) is 3.05. The molecular weight excluding hydrogens is 280 g/mol. The molecule has 0 radical (unpaired) electrons. The lowest BCUT2D eigenvalue weighted by atomic mass is 10.3. The highest BCUT2D eigenvalue weighted by Crippen LogP contribution is 2.22. The number of amides is 2. The van der Waals surface area contributed by atoms with Crippen LogP contribution in [0.4, 0.5) is 0 Å². The predicted molar refractivity (Wildman–Crippen MR) is 62.6 cm³/mol. The van der Waals surface area contributed by atoms with Crippen LogP contribution in [-0.4, -0.2) is 30.3 Å². The van der Waals surface area contributed by atoms with Crippen LogP contribution < -0.4 is 5.73 Å². The molecule has 1 aromatic heterocycles. The van der Waals surface area contributed by atoms with Gasteiger partial charge in [0.25, 0.3) is 0 Å². The Morgan fingerprint density at radius 3 is 2.67 bits per heavy atom. The topological polar surface area (TPSA) is 63.4 Å². The number of thiophene rings is 1. The van der Waals surface area contributed by atoms with E-state index >= 15 is 0 Å². The molecule has 2 amide bonds. The van der Waals surface area contributed by atoms with Crippen molar-refractivity contribution in [2.45, 2.75) is 6.42 Å². The van der Waals surface area contributed by atoms with Crippen molar-refractivity contribution < 1.29 is 9.59 Å². The molecule has 0 aliphatic carbocycles. The Balaban J connectivity index is 2.44. The van der Waals surface area contributed by atoms with Gasteiger partial charge < -0.3 is 10.6 Å². The van der Waals surface area contributed by atoms with Crippen molar-refractivity contribution in [1.82, 2.24) is 4.90 Å². The third-order valence-corrected chi connectivity index (χ3v) is 3.56. The summed E-state index contributed by atoms with van der Waals surface area (Å²) in [7, 11) is 1.57. The molecule has 2 N–H and O–H groups in total. The van der Waals surface area contributed by atoms with Gasteiger partial charge in [0.05, 0.1) is 3.79 Å². The molecule has 0 aliphatic heterocycles. The highest BCUT2D eigenvalue weighted by Gasteiger charge is 2.14. The van der Waals surface area contributed by atoms with Gasteiger partial charge >= 0.3 is 11.8 Å². The molecule has 0 aromatic carbocycles.